The van der Waals surface area contributed by atoms with Crippen LogP contribution >= 0.6 is 0 Å². The van der Waals surface area contributed by atoms with Crippen LogP contribution in [0.25, 0.3) is 32.6 Å². The molecule has 0 aliphatic heterocycles. The first-order valence-electron chi connectivity index (χ1n) is 12.4. The van der Waals surface area contributed by atoms with Crippen LogP contribution in [0.15, 0.2) is 102 Å². The highest BCUT2D eigenvalue weighted by Crippen LogP contribution is 2.21. The molecular formula is C30H25N5O3. The van der Waals surface area contributed by atoms with Crippen molar-refractivity contribution in [2.75, 3.05) is 13.2 Å². The average Bonchev–Trinajstić information content (AvgIpc) is 3.37. The quantitative estimate of drug-likeness (QED) is 0.337. The smallest absolute Gasteiger partial charge is 0.264 e. The van der Waals surface area contributed by atoms with Crippen LogP contribution in [0.1, 0.15) is 5.56 Å². The van der Waals surface area contributed by atoms with Gasteiger partial charge in [0.2, 0.25) is 0 Å². The highest BCUT2D eigenvalue weighted by atomic mass is 16.5. The molecule has 4 aromatic carbocycles. The van der Waals surface area contributed by atoms with Gasteiger partial charge in [0.1, 0.15) is 17.5 Å². The van der Waals surface area contributed by atoms with Crippen molar-refractivity contribution in [3.05, 3.63) is 113 Å². The Morgan fingerprint density at radius 2 is 1.66 bits per heavy atom. The Balaban J connectivity index is 1.08. The number of hydrogen-bond acceptors (Lipinski definition) is 5. The second-order valence-corrected chi connectivity index (χ2v) is 9.07. The molecule has 0 unspecified atom stereocenters. The molecule has 0 atom stereocenters. The van der Waals surface area contributed by atoms with Crippen LogP contribution < -0.4 is 15.6 Å². The first-order chi connectivity index (χ1) is 18.7. The largest absolute Gasteiger partial charge is 0.484 e. The summed E-state index contributed by atoms with van der Waals surface area (Å²) in [4.78, 5) is 30.0. The van der Waals surface area contributed by atoms with Crippen molar-refractivity contribution >= 4 is 38.5 Å². The lowest BCUT2D eigenvalue weighted by atomic mass is 10.0. The maximum Gasteiger partial charge on any atom is 0.264 e. The molecule has 0 fully saturated rings. The second-order valence-electron chi connectivity index (χ2n) is 9.07. The van der Waals surface area contributed by atoms with Crippen LogP contribution in [0, 0.1) is 0 Å². The maximum atomic E-state index is 13.1. The molecule has 6 aromatic rings. The van der Waals surface area contributed by atoms with Gasteiger partial charge >= 0.3 is 0 Å². The Bertz CT molecular complexity index is 1830. The number of ether oxygens (including phenoxy) is 1. The van der Waals surface area contributed by atoms with Crippen LogP contribution in [-0.2, 0) is 17.9 Å². The summed E-state index contributed by atoms with van der Waals surface area (Å²) in [6, 6.07) is 27.9. The number of carbonyl (C=O) groups excluding carboxylic acids is 1. The fourth-order valence-corrected chi connectivity index (χ4v) is 4.65. The molecule has 188 valence electrons. The number of nitrogens with zero attached hydrogens (tertiary/aromatic N) is 4. The molecule has 2 heterocycles. The molecule has 0 bridgehead atoms. The van der Waals surface area contributed by atoms with Crippen molar-refractivity contribution in [2.45, 2.75) is 13.1 Å². The third-order valence-electron chi connectivity index (χ3n) is 6.58. The summed E-state index contributed by atoms with van der Waals surface area (Å²) in [7, 11) is 0. The molecule has 0 aliphatic rings. The van der Waals surface area contributed by atoms with E-state index in [1.807, 2.05) is 66.7 Å². The van der Waals surface area contributed by atoms with Gasteiger partial charge in [0.15, 0.2) is 12.3 Å². The number of aromatic nitrogens is 4. The minimum Gasteiger partial charge on any atom is -0.484 e. The lowest BCUT2D eigenvalue weighted by molar-refractivity contribution is -0.123. The average molecular weight is 504 g/mol. The summed E-state index contributed by atoms with van der Waals surface area (Å²) in [6.45, 7) is 1.04. The highest BCUT2D eigenvalue weighted by molar-refractivity contribution is 5.86. The van der Waals surface area contributed by atoms with E-state index in [9.17, 15) is 9.59 Å². The normalized spacial score (nSPS) is 11.3. The maximum absolute atomic E-state index is 13.1. The van der Waals surface area contributed by atoms with Crippen molar-refractivity contribution in [3.8, 4) is 5.75 Å². The van der Waals surface area contributed by atoms with Gasteiger partial charge in [-0.25, -0.2) is 9.67 Å². The summed E-state index contributed by atoms with van der Waals surface area (Å²) in [5.74, 6) is 0.404. The zero-order valence-electron chi connectivity index (χ0n) is 20.6. The third-order valence-corrected chi connectivity index (χ3v) is 6.58. The van der Waals surface area contributed by atoms with Crippen molar-refractivity contribution in [2.24, 2.45) is 0 Å². The summed E-state index contributed by atoms with van der Waals surface area (Å²) < 4.78 is 8.88. The number of amides is 1. The molecule has 6 rings (SSSR count). The first kappa shape index (κ1) is 23.4. The van der Waals surface area contributed by atoms with Gasteiger partial charge < -0.3 is 10.1 Å². The minimum absolute atomic E-state index is 0.0880. The molecule has 2 aromatic heterocycles. The summed E-state index contributed by atoms with van der Waals surface area (Å²) in [5, 5.41) is 12.0. The zero-order chi connectivity index (χ0) is 25.9. The number of carbonyl (C=O) groups is 1. The second kappa shape index (κ2) is 10.2. The molecule has 0 saturated carbocycles. The molecule has 0 saturated heterocycles. The van der Waals surface area contributed by atoms with Gasteiger partial charge in [0.25, 0.3) is 11.5 Å². The predicted molar refractivity (Wildman–Crippen MR) is 147 cm³/mol. The van der Waals surface area contributed by atoms with E-state index < -0.39 is 0 Å². The lowest BCUT2D eigenvalue weighted by Crippen LogP contribution is -2.31. The third kappa shape index (κ3) is 4.71. The molecule has 0 spiro atoms. The topological polar surface area (TPSA) is 91.0 Å². The van der Waals surface area contributed by atoms with Crippen LogP contribution in [0.5, 0.6) is 5.75 Å². The van der Waals surface area contributed by atoms with Gasteiger partial charge in [-0.3, -0.25) is 14.2 Å². The Hall–Kier alpha value is -4.98. The summed E-state index contributed by atoms with van der Waals surface area (Å²) >= 11 is 0. The molecule has 0 radical (unpaired) electrons. The van der Waals surface area contributed by atoms with Gasteiger partial charge in [-0.15, -0.1) is 0 Å². The van der Waals surface area contributed by atoms with E-state index >= 15 is 0 Å². The monoisotopic (exact) mass is 503 g/mol. The van der Waals surface area contributed by atoms with Gasteiger partial charge in [-0.05, 0) is 39.2 Å². The Kier molecular flexibility index (Phi) is 6.27. The minimum atomic E-state index is -0.236. The van der Waals surface area contributed by atoms with Crippen molar-refractivity contribution in [1.29, 1.82) is 0 Å². The molecular weight excluding hydrogens is 478 g/mol. The van der Waals surface area contributed by atoms with Gasteiger partial charge in [0.05, 0.1) is 19.3 Å². The van der Waals surface area contributed by atoms with Crippen molar-refractivity contribution < 1.29 is 9.53 Å². The summed E-state index contributed by atoms with van der Waals surface area (Å²) in [6.07, 6.45) is 3.09. The van der Waals surface area contributed by atoms with Crippen LogP contribution in [0.2, 0.25) is 0 Å². The van der Waals surface area contributed by atoms with E-state index in [1.165, 1.54) is 6.20 Å². The van der Waals surface area contributed by atoms with Crippen molar-refractivity contribution in [1.82, 2.24) is 24.6 Å². The van der Waals surface area contributed by atoms with E-state index in [2.05, 4.69) is 33.6 Å². The molecule has 38 heavy (non-hydrogen) atoms. The van der Waals surface area contributed by atoms with E-state index in [4.69, 9.17) is 4.74 Å². The number of hydrogen-bond donors (Lipinski definition) is 1. The highest BCUT2D eigenvalue weighted by Gasteiger charge is 2.12. The Morgan fingerprint density at radius 3 is 2.55 bits per heavy atom. The van der Waals surface area contributed by atoms with Crippen LogP contribution in [-0.4, -0.2) is 38.4 Å². The number of nitrogens with one attached hydrogen (secondary N) is 1. The fourth-order valence-electron chi connectivity index (χ4n) is 4.65. The fraction of sp³-hybridized carbons (Fsp3) is 0.133. The molecule has 0 aliphatic carbocycles. The Morgan fingerprint density at radius 1 is 0.868 bits per heavy atom. The number of rotatable bonds is 8. The number of benzene rings is 4. The van der Waals surface area contributed by atoms with E-state index in [-0.39, 0.29) is 18.1 Å². The predicted octanol–water partition coefficient (Wildman–Crippen LogP) is 4.14. The SMILES string of the molecule is O=C(COc1ccc2ccccc2c1)NCCn1ncc2c(=O)n(Cc3cccc4ccccc34)cnc21. The van der Waals surface area contributed by atoms with E-state index in [0.717, 1.165) is 27.1 Å². The van der Waals surface area contributed by atoms with Gasteiger partial charge in [-0.1, -0.05) is 72.8 Å². The summed E-state index contributed by atoms with van der Waals surface area (Å²) in [5.41, 5.74) is 1.39. The van der Waals surface area contributed by atoms with Gasteiger partial charge in [0, 0.05) is 6.54 Å². The van der Waals surface area contributed by atoms with Gasteiger partial charge in [-0.2, -0.15) is 5.10 Å². The molecule has 1 amide bonds. The van der Waals surface area contributed by atoms with E-state index in [1.54, 1.807) is 15.6 Å². The van der Waals surface area contributed by atoms with Crippen molar-refractivity contribution in [3.63, 3.8) is 0 Å². The lowest BCUT2D eigenvalue weighted by Gasteiger charge is -2.10. The molecule has 1 N–H and O–H groups in total. The van der Waals surface area contributed by atoms with E-state index in [0.29, 0.717) is 36.4 Å². The molecule has 8 nitrogen and oxygen atoms in total. The number of fused-ring (bicyclic) bond motifs is 3. The zero-order valence-corrected chi connectivity index (χ0v) is 20.6. The van der Waals surface area contributed by atoms with Crippen LogP contribution in [0.4, 0.5) is 0 Å². The first-order valence-corrected chi connectivity index (χ1v) is 12.4. The Labute approximate surface area is 218 Å². The van der Waals surface area contributed by atoms with Crippen LogP contribution in [0.3, 0.4) is 0 Å². The standard InChI is InChI=1S/C30H25N5O3/c36-28(19-38-25-13-12-21-6-1-2-8-23(21)16-25)31-14-15-35-29-27(17-33-35)30(37)34(20-32-29)18-24-10-5-9-22-7-3-4-11-26(22)24/h1-13,16-17,20H,14-15,18-19H2,(H,31,36). The molecule has 8 heteroatoms.